The van der Waals surface area contributed by atoms with E-state index in [-0.39, 0.29) is 5.91 Å². The van der Waals surface area contributed by atoms with Gasteiger partial charge < -0.3 is 10.1 Å². The van der Waals surface area contributed by atoms with Gasteiger partial charge >= 0.3 is 0 Å². The van der Waals surface area contributed by atoms with Gasteiger partial charge in [0.2, 0.25) is 5.91 Å². The van der Waals surface area contributed by atoms with Gasteiger partial charge in [-0.1, -0.05) is 19.9 Å². The lowest BCUT2D eigenvalue weighted by Crippen LogP contribution is -2.34. The maximum absolute atomic E-state index is 11.9. The minimum Gasteiger partial charge on any atom is -0.493 e. The van der Waals surface area contributed by atoms with Crippen LogP contribution in [0.2, 0.25) is 0 Å². The highest BCUT2D eigenvalue weighted by Gasteiger charge is 2.31. The largest absolute Gasteiger partial charge is 0.493 e. The Morgan fingerprint density at radius 2 is 1.95 bits per heavy atom. The Morgan fingerprint density at radius 1 is 1.29 bits per heavy atom. The summed E-state index contributed by atoms with van der Waals surface area (Å²) in [5.41, 5.74) is 2.73. The summed E-state index contributed by atoms with van der Waals surface area (Å²) in [4.78, 5) is 11.9. The zero-order chi connectivity index (χ0) is 15.5. The van der Waals surface area contributed by atoms with Crippen LogP contribution in [-0.2, 0) is 4.79 Å². The standard InChI is InChI=1S/C18H27NO2/c1-13-9-14(2)11-16(10-13)21-8-6-17(20)19-15-5-7-18(3,4)12-15/h9-11,15H,5-8,12H2,1-4H3,(H,19,20). The van der Waals surface area contributed by atoms with E-state index in [1.807, 2.05) is 12.1 Å². The van der Waals surface area contributed by atoms with E-state index in [0.717, 1.165) is 18.6 Å². The molecular weight excluding hydrogens is 262 g/mol. The van der Waals surface area contributed by atoms with E-state index < -0.39 is 0 Å². The van der Waals surface area contributed by atoms with Gasteiger partial charge in [-0.25, -0.2) is 0 Å². The molecule has 21 heavy (non-hydrogen) atoms. The van der Waals surface area contributed by atoms with Crippen LogP contribution in [0.15, 0.2) is 18.2 Å². The summed E-state index contributed by atoms with van der Waals surface area (Å²) in [7, 11) is 0. The second-order valence-electron chi connectivity index (χ2n) is 7.09. The van der Waals surface area contributed by atoms with Crippen LogP contribution in [0.25, 0.3) is 0 Å². The summed E-state index contributed by atoms with van der Waals surface area (Å²) in [5, 5.41) is 3.12. The van der Waals surface area contributed by atoms with Gasteiger partial charge in [0.1, 0.15) is 5.75 Å². The fraction of sp³-hybridized carbons (Fsp3) is 0.611. The molecule has 1 saturated carbocycles. The third-order valence-electron chi connectivity index (χ3n) is 4.13. The van der Waals surface area contributed by atoms with Gasteiger partial charge in [0, 0.05) is 6.04 Å². The van der Waals surface area contributed by atoms with Crippen LogP contribution in [0, 0.1) is 19.3 Å². The molecular formula is C18H27NO2. The number of benzene rings is 1. The molecule has 1 N–H and O–H groups in total. The van der Waals surface area contributed by atoms with E-state index in [9.17, 15) is 4.79 Å². The molecule has 1 aliphatic rings. The summed E-state index contributed by atoms with van der Waals surface area (Å²) >= 11 is 0. The number of carbonyl (C=O) groups is 1. The van der Waals surface area contributed by atoms with E-state index in [4.69, 9.17) is 4.74 Å². The fourth-order valence-electron chi connectivity index (χ4n) is 3.14. The molecule has 1 aromatic rings. The molecule has 0 radical (unpaired) electrons. The van der Waals surface area contributed by atoms with Gasteiger partial charge in [-0.2, -0.15) is 0 Å². The molecule has 0 heterocycles. The highest BCUT2D eigenvalue weighted by Crippen LogP contribution is 2.36. The van der Waals surface area contributed by atoms with Crippen LogP contribution in [-0.4, -0.2) is 18.6 Å². The monoisotopic (exact) mass is 289 g/mol. The molecule has 116 valence electrons. The Hall–Kier alpha value is -1.51. The molecule has 1 aliphatic carbocycles. The number of hydrogen-bond donors (Lipinski definition) is 1. The van der Waals surface area contributed by atoms with Crippen LogP contribution in [0.5, 0.6) is 5.75 Å². The van der Waals surface area contributed by atoms with Gasteiger partial charge in [0.05, 0.1) is 13.0 Å². The molecule has 0 spiro atoms. The number of rotatable bonds is 5. The molecule has 1 amide bonds. The molecule has 1 atom stereocenters. The summed E-state index contributed by atoms with van der Waals surface area (Å²) in [6.07, 6.45) is 3.79. The summed E-state index contributed by atoms with van der Waals surface area (Å²) in [5.74, 6) is 0.948. The Morgan fingerprint density at radius 3 is 2.52 bits per heavy atom. The Bertz CT molecular complexity index is 488. The van der Waals surface area contributed by atoms with E-state index >= 15 is 0 Å². The first kappa shape index (κ1) is 15.9. The Kier molecular flexibility index (Phi) is 4.92. The fourth-order valence-corrected chi connectivity index (χ4v) is 3.14. The van der Waals surface area contributed by atoms with E-state index in [2.05, 4.69) is 39.1 Å². The van der Waals surface area contributed by atoms with Gasteiger partial charge in [0.25, 0.3) is 0 Å². The zero-order valence-electron chi connectivity index (χ0n) is 13.7. The average Bonchev–Trinajstić information content (AvgIpc) is 2.67. The molecule has 0 aromatic heterocycles. The number of ether oxygens (including phenoxy) is 1. The molecule has 1 aromatic carbocycles. The topological polar surface area (TPSA) is 38.3 Å². The van der Waals surface area contributed by atoms with Crippen LogP contribution in [0.4, 0.5) is 0 Å². The Labute approximate surface area is 128 Å². The third kappa shape index (κ3) is 5.07. The number of carbonyl (C=O) groups excluding carboxylic acids is 1. The van der Waals surface area contributed by atoms with Gasteiger partial charge in [0.15, 0.2) is 0 Å². The first-order valence-electron chi connectivity index (χ1n) is 7.84. The molecule has 3 heteroatoms. The third-order valence-corrected chi connectivity index (χ3v) is 4.13. The SMILES string of the molecule is Cc1cc(C)cc(OCCC(=O)NC2CCC(C)(C)C2)c1. The minimum atomic E-state index is 0.0991. The van der Waals surface area contributed by atoms with Gasteiger partial charge in [-0.15, -0.1) is 0 Å². The van der Waals surface area contributed by atoms with Crippen molar-refractivity contribution in [1.29, 1.82) is 0 Å². The minimum absolute atomic E-state index is 0.0991. The van der Waals surface area contributed by atoms with Crippen LogP contribution in [0.3, 0.4) is 0 Å². The number of hydrogen-bond acceptors (Lipinski definition) is 2. The lowest BCUT2D eigenvalue weighted by Gasteiger charge is -2.18. The highest BCUT2D eigenvalue weighted by atomic mass is 16.5. The normalized spacial score (nSPS) is 20.3. The van der Waals surface area contributed by atoms with Crippen molar-refractivity contribution in [3.8, 4) is 5.75 Å². The molecule has 1 fully saturated rings. The predicted octanol–water partition coefficient (Wildman–Crippen LogP) is 3.77. The molecule has 3 nitrogen and oxygen atoms in total. The van der Waals surface area contributed by atoms with Gasteiger partial charge in [-0.05, 0) is 61.8 Å². The van der Waals surface area contributed by atoms with Crippen LogP contribution >= 0.6 is 0 Å². The molecule has 0 aliphatic heterocycles. The lowest BCUT2D eigenvalue weighted by atomic mass is 9.92. The molecule has 1 unspecified atom stereocenters. The number of amides is 1. The maximum Gasteiger partial charge on any atom is 0.223 e. The van der Waals surface area contributed by atoms with Crippen molar-refractivity contribution in [2.24, 2.45) is 5.41 Å². The van der Waals surface area contributed by atoms with Crippen molar-refractivity contribution in [2.45, 2.75) is 59.4 Å². The van der Waals surface area contributed by atoms with Crippen molar-refractivity contribution in [3.05, 3.63) is 29.3 Å². The maximum atomic E-state index is 11.9. The smallest absolute Gasteiger partial charge is 0.223 e. The van der Waals surface area contributed by atoms with E-state index in [0.29, 0.717) is 24.5 Å². The van der Waals surface area contributed by atoms with Crippen molar-refractivity contribution >= 4 is 5.91 Å². The zero-order valence-corrected chi connectivity index (χ0v) is 13.7. The lowest BCUT2D eigenvalue weighted by molar-refractivity contribution is -0.122. The second kappa shape index (κ2) is 6.50. The molecule has 0 bridgehead atoms. The van der Waals surface area contributed by atoms with Crippen molar-refractivity contribution in [1.82, 2.24) is 5.32 Å². The second-order valence-corrected chi connectivity index (χ2v) is 7.09. The van der Waals surface area contributed by atoms with E-state index in [1.54, 1.807) is 0 Å². The van der Waals surface area contributed by atoms with Crippen molar-refractivity contribution in [2.75, 3.05) is 6.61 Å². The number of nitrogens with one attached hydrogen (secondary N) is 1. The van der Waals surface area contributed by atoms with Crippen molar-refractivity contribution in [3.63, 3.8) is 0 Å². The molecule has 2 rings (SSSR count). The number of aryl methyl sites for hydroxylation is 2. The molecule has 0 saturated heterocycles. The first-order chi connectivity index (χ1) is 9.84. The van der Waals surface area contributed by atoms with E-state index in [1.165, 1.54) is 17.5 Å². The first-order valence-corrected chi connectivity index (χ1v) is 7.84. The van der Waals surface area contributed by atoms with Crippen LogP contribution in [0.1, 0.15) is 50.7 Å². The predicted molar refractivity (Wildman–Crippen MR) is 85.6 cm³/mol. The average molecular weight is 289 g/mol. The quantitative estimate of drug-likeness (QED) is 0.896. The van der Waals surface area contributed by atoms with Crippen LogP contribution < -0.4 is 10.1 Å². The summed E-state index contributed by atoms with van der Waals surface area (Å²) in [6.45, 7) is 9.07. The Balaban J connectivity index is 1.72. The summed E-state index contributed by atoms with van der Waals surface area (Å²) in [6, 6.07) is 6.46. The summed E-state index contributed by atoms with van der Waals surface area (Å²) < 4.78 is 5.68. The van der Waals surface area contributed by atoms with Crippen molar-refractivity contribution < 1.29 is 9.53 Å². The van der Waals surface area contributed by atoms with Gasteiger partial charge in [-0.3, -0.25) is 4.79 Å². The highest BCUT2D eigenvalue weighted by molar-refractivity contribution is 5.76.